The molecule has 0 aromatic heterocycles. The highest BCUT2D eigenvalue weighted by molar-refractivity contribution is 5.42. The summed E-state index contributed by atoms with van der Waals surface area (Å²) < 4.78 is 13.6. The van der Waals surface area contributed by atoms with Crippen LogP contribution in [-0.2, 0) is 13.0 Å². The molecule has 0 aliphatic carbocycles. The van der Waals surface area contributed by atoms with E-state index in [-0.39, 0.29) is 0 Å². The average molecular weight is 252 g/mol. The van der Waals surface area contributed by atoms with E-state index in [1.807, 2.05) is 0 Å². The van der Waals surface area contributed by atoms with Crippen molar-refractivity contribution in [2.45, 2.75) is 26.8 Å². The summed E-state index contributed by atoms with van der Waals surface area (Å²) in [5, 5.41) is 10.7. The van der Waals surface area contributed by atoms with Gasteiger partial charge in [0.1, 0.15) is 0 Å². The predicted molar refractivity (Wildman–Crippen MR) is 66.9 cm³/mol. The largest absolute Gasteiger partial charge is 0.305 e. The van der Waals surface area contributed by atoms with Crippen LogP contribution in [0.25, 0.3) is 0 Å². The third-order valence-electron chi connectivity index (χ3n) is 3.18. The molecule has 1 aliphatic heterocycles. The molecule has 0 fully saturated rings. The Labute approximate surface area is 106 Å². The van der Waals surface area contributed by atoms with Gasteiger partial charge in [-0.3, -0.25) is 15.0 Å². The normalized spacial score (nSPS) is 15.8. The zero-order valence-corrected chi connectivity index (χ0v) is 10.6. The number of benzene rings is 1. The minimum absolute atomic E-state index is 0.411. The Balaban J connectivity index is 2.24. The fourth-order valence-electron chi connectivity index (χ4n) is 2.44. The maximum absolute atomic E-state index is 13.6. The highest BCUT2D eigenvalue weighted by Crippen LogP contribution is 2.27. The number of fused-ring (bicyclic) bond motifs is 1. The Hall–Kier alpha value is -1.49. The van der Waals surface area contributed by atoms with Gasteiger partial charge in [0, 0.05) is 25.7 Å². The van der Waals surface area contributed by atoms with E-state index >= 15 is 0 Å². The lowest BCUT2D eigenvalue weighted by Gasteiger charge is -2.29. The van der Waals surface area contributed by atoms with Gasteiger partial charge >= 0.3 is 5.69 Å². The molecule has 1 aromatic carbocycles. The summed E-state index contributed by atoms with van der Waals surface area (Å²) in [7, 11) is 0. The van der Waals surface area contributed by atoms with Crippen LogP contribution < -0.4 is 0 Å². The second-order valence-corrected chi connectivity index (χ2v) is 5.21. The number of nitrogens with zero attached hydrogens (tertiary/aromatic N) is 2. The van der Waals surface area contributed by atoms with Crippen LogP contribution in [0, 0.1) is 21.8 Å². The Morgan fingerprint density at radius 1 is 1.44 bits per heavy atom. The quantitative estimate of drug-likeness (QED) is 0.614. The van der Waals surface area contributed by atoms with Crippen LogP contribution in [0.15, 0.2) is 12.1 Å². The Bertz CT molecular complexity index is 474. The Kier molecular flexibility index (Phi) is 3.61. The van der Waals surface area contributed by atoms with E-state index in [1.165, 1.54) is 12.1 Å². The lowest BCUT2D eigenvalue weighted by Crippen LogP contribution is -2.33. The zero-order chi connectivity index (χ0) is 13.3. The van der Waals surface area contributed by atoms with Gasteiger partial charge in [-0.15, -0.1) is 0 Å². The maximum Gasteiger partial charge on any atom is 0.305 e. The first kappa shape index (κ1) is 13.0. The number of nitro groups is 1. The summed E-state index contributed by atoms with van der Waals surface area (Å²) in [4.78, 5) is 12.3. The second kappa shape index (κ2) is 5.02. The molecule has 1 aromatic rings. The molecule has 1 heterocycles. The molecule has 0 N–H and O–H groups in total. The van der Waals surface area contributed by atoms with E-state index in [1.54, 1.807) is 0 Å². The van der Waals surface area contributed by atoms with Crippen LogP contribution in [0.3, 0.4) is 0 Å². The standard InChI is InChI=1S/C13H17FN2O2/c1-9(2)7-15-4-3-10-6-13(16(17)18)12(14)5-11(10)8-15/h5-6,9H,3-4,7-8H2,1-2H3. The fraction of sp³-hybridized carbons (Fsp3) is 0.538. The van der Waals surface area contributed by atoms with Crippen LogP contribution in [0.1, 0.15) is 25.0 Å². The lowest BCUT2D eigenvalue weighted by molar-refractivity contribution is -0.387. The van der Waals surface area contributed by atoms with Crippen molar-refractivity contribution in [1.29, 1.82) is 0 Å². The monoisotopic (exact) mass is 252 g/mol. The van der Waals surface area contributed by atoms with E-state index in [4.69, 9.17) is 0 Å². The third kappa shape index (κ3) is 2.67. The van der Waals surface area contributed by atoms with E-state index < -0.39 is 16.4 Å². The van der Waals surface area contributed by atoms with Crippen LogP contribution >= 0.6 is 0 Å². The van der Waals surface area contributed by atoms with Gasteiger partial charge < -0.3 is 0 Å². The first-order valence-electron chi connectivity index (χ1n) is 6.15. The van der Waals surface area contributed by atoms with Gasteiger partial charge in [0.05, 0.1) is 4.92 Å². The Morgan fingerprint density at radius 2 is 2.17 bits per heavy atom. The molecule has 1 aliphatic rings. The Morgan fingerprint density at radius 3 is 2.78 bits per heavy atom. The first-order valence-corrected chi connectivity index (χ1v) is 6.15. The number of rotatable bonds is 3. The second-order valence-electron chi connectivity index (χ2n) is 5.21. The summed E-state index contributed by atoms with van der Waals surface area (Å²) in [6.07, 6.45) is 0.753. The molecule has 0 spiro atoms. The number of hydrogen-bond donors (Lipinski definition) is 0. The molecule has 18 heavy (non-hydrogen) atoms. The summed E-state index contributed by atoms with van der Waals surface area (Å²) in [5.74, 6) is -0.167. The van der Waals surface area contributed by atoms with Gasteiger partial charge in [0.2, 0.25) is 5.82 Å². The molecule has 0 amide bonds. The number of nitro benzene ring substituents is 1. The summed E-state index contributed by atoms with van der Waals surface area (Å²) in [5.41, 5.74) is 1.37. The molecular weight excluding hydrogens is 235 g/mol. The van der Waals surface area contributed by atoms with Crippen molar-refractivity contribution in [3.63, 3.8) is 0 Å². The summed E-state index contributed by atoms with van der Waals surface area (Å²) >= 11 is 0. The van der Waals surface area contributed by atoms with Crippen LogP contribution in [0.4, 0.5) is 10.1 Å². The van der Waals surface area contributed by atoms with Gasteiger partial charge in [-0.25, -0.2) is 0 Å². The molecule has 0 saturated carbocycles. The van der Waals surface area contributed by atoms with Crippen molar-refractivity contribution in [2.75, 3.05) is 13.1 Å². The van der Waals surface area contributed by atoms with Gasteiger partial charge in [-0.2, -0.15) is 4.39 Å². The smallest absolute Gasteiger partial charge is 0.298 e. The van der Waals surface area contributed by atoms with E-state index in [0.29, 0.717) is 12.5 Å². The van der Waals surface area contributed by atoms with Gasteiger partial charge in [0.25, 0.3) is 0 Å². The number of halogens is 1. The van der Waals surface area contributed by atoms with E-state index in [0.717, 1.165) is 30.6 Å². The van der Waals surface area contributed by atoms with Crippen molar-refractivity contribution in [3.05, 3.63) is 39.2 Å². The van der Waals surface area contributed by atoms with E-state index in [2.05, 4.69) is 18.7 Å². The van der Waals surface area contributed by atoms with Crippen molar-refractivity contribution < 1.29 is 9.31 Å². The van der Waals surface area contributed by atoms with Crippen LogP contribution in [-0.4, -0.2) is 22.9 Å². The van der Waals surface area contributed by atoms with Crippen molar-refractivity contribution in [2.24, 2.45) is 5.92 Å². The zero-order valence-electron chi connectivity index (χ0n) is 10.6. The lowest BCUT2D eigenvalue weighted by atomic mass is 9.98. The van der Waals surface area contributed by atoms with Crippen molar-refractivity contribution >= 4 is 5.69 Å². The average Bonchev–Trinajstić information content (AvgIpc) is 2.26. The molecule has 0 bridgehead atoms. The van der Waals surface area contributed by atoms with Crippen molar-refractivity contribution in [3.8, 4) is 0 Å². The maximum atomic E-state index is 13.6. The first-order chi connectivity index (χ1) is 8.47. The van der Waals surface area contributed by atoms with Gasteiger partial charge in [-0.1, -0.05) is 13.8 Å². The molecule has 0 atom stereocenters. The van der Waals surface area contributed by atoms with Crippen LogP contribution in [0.5, 0.6) is 0 Å². The highest BCUT2D eigenvalue weighted by atomic mass is 19.1. The van der Waals surface area contributed by atoms with Crippen LogP contribution in [0.2, 0.25) is 0 Å². The SMILES string of the molecule is CC(C)CN1CCc2cc([N+](=O)[O-])c(F)cc2C1. The summed E-state index contributed by atoms with van der Waals surface area (Å²) in [6.45, 7) is 6.83. The fourth-order valence-corrected chi connectivity index (χ4v) is 2.44. The molecular formula is C13H17FN2O2. The molecule has 4 nitrogen and oxygen atoms in total. The molecule has 0 saturated heterocycles. The molecule has 98 valence electrons. The van der Waals surface area contributed by atoms with E-state index in [9.17, 15) is 14.5 Å². The molecule has 0 unspecified atom stereocenters. The minimum atomic E-state index is -0.731. The molecule has 5 heteroatoms. The van der Waals surface area contributed by atoms with Gasteiger partial charge in [0.15, 0.2) is 0 Å². The highest BCUT2D eigenvalue weighted by Gasteiger charge is 2.23. The predicted octanol–water partition coefficient (Wildman–Crippen LogP) is 2.75. The van der Waals surface area contributed by atoms with Crippen molar-refractivity contribution in [1.82, 2.24) is 4.90 Å². The third-order valence-corrected chi connectivity index (χ3v) is 3.18. The topological polar surface area (TPSA) is 46.4 Å². The summed E-state index contributed by atoms with van der Waals surface area (Å²) in [6, 6.07) is 2.71. The molecule has 0 radical (unpaired) electrons. The minimum Gasteiger partial charge on any atom is -0.298 e. The number of hydrogen-bond acceptors (Lipinski definition) is 3. The molecule has 2 rings (SSSR count). The van der Waals surface area contributed by atoms with Gasteiger partial charge in [-0.05, 0) is 29.5 Å².